The highest BCUT2D eigenvalue weighted by Gasteiger charge is 2.40. The van der Waals surface area contributed by atoms with Gasteiger partial charge in [-0.15, -0.1) is 0 Å². The van der Waals surface area contributed by atoms with Crippen LogP contribution in [0.3, 0.4) is 0 Å². The maximum atomic E-state index is 16.0. The third-order valence-corrected chi connectivity index (χ3v) is 12.0. The minimum Gasteiger partial charge on any atom is -0.477 e. The van der Waals surface area contributed by atoms with Gasteiger partial charge in [0.15, 0.2) is 9.92 Å². The van der Waals surface area contributed by atoms with Crippen LogP contribution in [0.5, 0.6) is 5.88 Å². The zero-order valence-corrected chi connectivity index (χ0v) is 28.5. The van der Waals surface area contributed by atoms with Crippen LogP contribution in [0.1, 0.15) is 65.1 Å². The van der Waals surface area contributed by atoms with E-state index in [-0.39, 0.29) is 4.90 Å². The molecule has 3 aliphatic rings. The highest BCUT2D eigenvalue weighted by Crippen LogP contribution is 2.44. The van der Waals surface area contributed by atoms with E-state index in [4.69, 9.17) is 9.10 Å². The third kappa shape index (κ3) is 5.69. The van der Waals surface area contributed by atoms with Gasteiger partial charge in [0.1, 0.15) is 10.4 Å². The standard InChI is InChI=1S/C40H41N5O3S/c1-28-23-24-48-38-36(26-41-45(38)27-28)49(47,43-39(46)42-37-34-21-11-13-29(34)25-30-14-12-22-35(30)37)44-40(31-15-5-2-6-16-31,32-17-7-3-8-18-32)33-19-9-4-10-20-33/h2-10,15-20,25-26,28H,11-14,21-24,27H2,1H3,(H2,42,43,44,46,47). The Labute approximate surface area is 288 Å². The van der Waals surface area contributed by atoms with Crippen molar-refractivity contribution in [3.8, 4) is 5.88 Å². The van der Waals surface area contributed by atoms with Crippen LogP contribution in [0.4, 0.5) is 10.5 Å². The summed E-state index contributed by atoms with van der Waals surface area (Å²) in [5, 5.41) is 7.86. The molecule has 1 aliphatic heterocycles. The maximum absolute atomic E-state index is 16.0. The smallest absolute Gasteiger partial charge is 0.331 e. The Balaban J connectivity index is 1.35. The number of nitrogens with one attached hydrogen (secondary N) is 2. The van der Waals surface area contributed by atoms with Crippen LogP contribution in [0.25, 0.3) is 0 Å². The first-order chi connectivity index (χ1) is 23.9. The van der Waals surface area contributed by atoms with E-state index in [0.717, 1.165) is 67.3 Å². The summed E-state index contributed by atoms with van der Waals surface area (Å²) < 4.78 is 32.4. The number of carbonyl (C=O) groups excluding carboxylic acids is 1. The highest BCUT2D eigenvalue weighted by molar-refractivity contribution is 7.92. The number of aryl methyl sites for hydroxylation is 2. The van der Waals surface area contributed by atoms with E-state index in [2.05, 4.69) is 28.1 Å². The second-order valence-corrected chi connectivity index (χ2v) is 15.3. The average molecular weight is 672 g/mol. The lowest BCUT2D eigenvalue weighted by atomic mass is 9.78. The van der Waals surface area contributed by atoms with Gasteiger partial charge in [-0.3, -0.25) is 0 Å². The minimum absolute atomic E-state index is 0.257. The van der Waals surface area contributed by atoms with Crippen molar-refractivity contribution in [3.63, 3.8) is 0 Å². The largest absolute Gasteiger partial charge is 0.477 e. The number of ether oxygens (including phenoxy) is 1. The van der Waals surface area contributed by atoms with Crippen molar-refractivity contribution in [1.82, 2.24) is 14.5 Å². The first-order valence-electron chi connectivity index (χ1n) is 17.3. The van der Waals surface area contributed by atoms with Gasteiger partial charge in [0.25, 0.3) is 0 Å². The van der Waals surface area contributed by atoms with E-state index in [9.17, 15) is 4.79 Å². The molecule has 8 rings (SSSR count). The molecule has 2 heterocycles. The van der Waals surface area contributed by atoms with E-state index in [1.807, 2.05) is 91.0 Å². The van der Waals surface area contributed by atoms with Crippen molar-refractivity contribution < 1.29 is 13.7 Å². The third-order valence-electron chi connectivity index (χ3n) is 10.2. The molecule has 2 aliphatic carbocycles. The van der Waals surface area contributed by atoms with Crippen LogP contribution in [-0.2, 0) is 47.7 Å². The van der Waals surface area contributed by atoms with Crippen LogP contribution in [0.2, 0.25) is 0 Å². The van der Waals surface area contributed by atoms with Gasteiger partial charge in [0, 0.05) is 12.2 Å². The normalized spacial score (nSPS) is 17.9. The molecule has 5 aromatic rings. The van der Waals surface area contributed by atoms with Gasteiger partial charge in [0.05, 0.1) is 12.8 Å². The summed E-state index contributed by atoms with van der Waals surface area (Å²) in [6.45, 7) is 3.21. The Morgan fingerprint density at radius 1 is 0.857 bits per heavy atom. The Kier molecular flexibility index (Phi) is 8.23. The lowest BCUT2D eigenvalue weighted by Gasteiger charge is -2.33. The molecule has 9 heteroatoms. The Hall–Kier alpha value is -4.89. The molecule has 0 radical (unpaired) electrons. The molecule has 2 N–H and O–H groups in total. The van der Waals surface area contributed by atoms with Crippen molar-refractivity contribution in [1.29, 1.82) is 0 Å². The lowest BCUT2D eigenvalue weighted by Crippen LogP contribution is -2.38. The van der Waals surface area contributed by atoms with E-state index in [1.165, 1.54) is 22.3 Å². The van der Waals surface area contributed by atoms with Crippen LogP contribution >= 0.6 is 0 Å². The topological polar surface area (TPSA) is 97.6 Å². The van der Waals surface area contributed by atoms with Gasteiger partial charge < -0.3 is 10.1 Å². The lowest BCUT2D eigenvalue weighted by molar-refractivity contribution is 0.256. The second kappa shape index (κ2) is 12.9. The van der Waals surface area contributed by atoms with Gasteiger partial charge in [-0.2, -0.15) is 9.46 Å². The van der Waals surface area contributed by atoms with Gasteiger partial charge in [-0.1, -0.05) is 104 Å². The zero-order valence-electron chi connectivity index (χ0n) is 27.7. The number of hydrogen-bond donors (Lipinski definition) is 2. The number of fused-ring (bicyclic) bond motifs is 3. The number of benzene rings is 4. The summed E-state index contributed by atoms with van der Waals surface area (Å²) in [5.74, 6) is 0.695. The summed E-state index contributed by atoms with van der Waals surface area (Å²) in [5.41, 5.74) is 7.06. The molecule has 0 spiro atoms. The summed E-state index contributed by atoms with van der Waals surface area (Å²) in [6, 6.07) is 31.4. The molecule has 0 bridgehead atoms. The Morgan fingerprint density at radius 2 is 1.41 bits per heavy atom. The van der Waals surface area contributed by atoms with Crippen LogP contribution in [0, 0.1) is 5.92 Å². The van der Waals surface area contributed by atoms with Gasteiger partial charge >= 0.3 is 6.03 Å². The number of urea groups is 1. The number of rotatable bonds is 7. The zero-order chi connectivity index (χ0) is 33.4. The highest BCUT2D eigenvalue weighted by atomic mass is 32.2. The summed E-state index contributed by atoms with van der Waals surface area (Å²) in [6.07, 6.45) is 8.37. The minimum atomic E-state index is -3.79. The van der Waals surface area contributed by atoms with E-state index in [1.54, 1.807) is 10.9 Å². The van der Waals surface area contributed by atoms with Gasteiger partial charge in [-0.25, -0.2) is 18.4 Å². The van der Waals surface area contributed by atoms with Gasteiger partial charge in [-0.05, 0) is 89.8 Å². The molecule has 1 aromatic heterocycles. The van der Waals surface area contributed by atoms with E-state index < -0.39 is 21.5 Å². The van der Waals surface area contributed by atoms with Gasteiger partial charge in [0.2, 0.25) is 5.88 Å². The fourth-order valence-corrected chi connectivity index (χ4v) is 9.66. The SMILES string of the molecule is CC1CCOc2c(S(=O)(=NC(c3ccccc3)(c3ccccc3)c3ccccc3)NC(=O)Nc3c4c(cc5c3CCC5)CCC4)cnn2C1. The molecule has 0 saturated carbocycles. The van der Waals surface area contributed by atoms with Crippen molar-refractivity contribution >= 4 is 21.6 Å². The number of anilines is 1. The maximum Gasteiger partial charge on any atom is 0.331 e. The molecule has 0 fully saturated rings. The predicted octanol–water partition coefficient (Wildman–Crippen LogP) is 7.83. The molecular formula is C40H41N5O3S. The number of aromatic nitrogens is 2. The Morgan fingerprint density at radius 3 is 1.96 bits per heavy atom. The number of nitrogens with zero attached hydrogens (tertiary/aromatic N) is 3. The number of hydrogen-bond acceptors (Lipinski definition) is 5. The van der Waals surface area contributed by atoms with Crippen LogP contribution in [0.15, 0.2) is 113 Å². The first kappa shape index (κ1) is 31.4. The van der Waals surface area contributed by atoms with Crippen molar-refractivity contribution in [2.24, 2.45) is 10.3 Å². The Bertz CT molecular complexity index is 1990. The summed E-state index contributed by atoms with van der Waals surface area (Å²) in [7, 11) is -3.79. The monoisotopic (exact) mass is 671 g/mol. The van der Waals surface area contributed by atoms with Crippen molar-refractivity contribution in [3.05, 3.63) is 142 Å². The summed E-state index contributed by atoms with van der Waals surface area (Å²) in [4.78, 5) is 14.6. The second-order valence-electron chi connectivity index (χ2n) is 13.5. The molecule has 49 heavy (non-hydrogen) atoms. The molecule has 2 unspecified atom stereocenters. The molecule has 2 amide bonds. The quantitative estimate of drug-likeness (QED) is 0.172. The van der Waals surface area contributed by atoms with Crippen LogP contribution < -0.4 is 14.8 Å². The average Bonchev–Trinajstić information content (AvgIpc) is 3.87. The van der Waals surface area contributed by atoms with E-state index >= 15 is 4.21 Å². The van der Waals surface area contributed by atoms with Crippen molar-refractivity contribution in [2.45, 2.75) is 68.8 Å². The number of carbonyl (C=O) groups is 1. The first-order valence-corrected chi connectivity index (χ1v) is 18.8. The molecule has 8 nitrogen and oxygen atoms in total. The molecule has 2 atom stereocenters. The molecule has 4 aromatic carbocycles. The fourth-order valence-electron chi connectivity index (χ4n) is 7.81. The van der Waals surface area contributed by atoms with Crippen molar-refractivity contribution in [2.75, 3.05) is 11.9 Å². The number of amides is 2. The van der Waals surface area contributed by atoms with E-state index in [0.29, 0.717) is 24.9 Å². The van der Waals surface area contributed by atoms with Crippen LogP contribution in [-0.4, -0.2) is 26.6 Å². The predicted molar refractivity (Wildman–Crippen MR) is 192 cm³/mol. The molecule has 250 valence electrons. The molecule has 0 saturated heterocycles. The molecular weight excluding hydrogens is 631 g/mol. The summed E-state index contributed by atoms with van der Waals surface area (Å²) >= 11 is 0. The fraction of sp³-hybridized carbons (Fsp3) is 0.300.